The minimum absolute atomic E-state index is 0.297. The number of hydrogen-bond acceptors (Lipinski definition) is 6. The lowest BCUT2D eigenvalue weighted by molar-refractivity contribution is 0.0196. The molecular formula is C21H22N6O. The van der Waals surface area contributed by atoms with E-state index >= 15 is 0 Å². The number of anilines is 1. The van der Waals surface area contributed by atoms with Crippen molar-refractivity contribution in [3.05, 3.63) is 43.0 Å². The number of nitrogens with one attached hydrogen (secondary N) is 2. The molecular weight excluding hydrogens is 352 g/mol. The number of aliphatic hydroxyl groups is 1. The fourth-order valence-corrected chi connectivity index (χ4v) is 3.91. The fraction of sp³-hybridized carbons (Fsp3) is 0.333. The van der Waals surface area contributed by atoms with Gasteiger partial charge in [-0.1, -0.05) is 6.07 Å². The molecule has 0 unspecified atom stereocenters. The van der Waals surface area contributed by atoms with Gasteiger partial charge in [-0.2, -0.15) is 4.98 Å². The lowest BCUT2D eigenvalue weighted by Gasteiger charge is -2.33. The van der Waals surface area contributed by atoms with Crippen molar-refractivity contribution >= 4 is 28.0 Å². The summed E-state index contributed by atoms with van der Waals surface area (Å²) in [5.41, 5.74) is 4.10. The van der Waals surface area contributed by atoms with E-state index in [1.54, 1.807) is 12.4 Å². The Hall–Kier alpha value is -3.06. The summed E-state index contributed by atoms with van der Waals surface area (Å²) in [5.74, 6) is 0.622. The van der Waals surface area contributed by atoms with Crippen LogP contribution in [0.4, 0.5) is 5.95 Å². The minimum Gasteiger partial charge on any atom is -0.390 e. The first-order valence-corrected chi connectivity index (χ1v) is 9.62. The zero-order chi connectivity index (χ0) is 19.1. The van der Waals surface area contributed by atoms with Crippen LogP contribution in [0.5, 0.6) is 0 Å². The highest BCUT2D eigenvalue weighted by Crippen LogP contribution is 2.31. The highest BCUT2D eigenvalue weighted by atomic mass is 16.3. The van der Waals surface area contributed by atoms with Gasteiger partial charge in [0.25, 0.3) is 0 Å². The Kier molecular flexibility index (Phi) is 3.98. The predicted molar refractivity (Wildman–Crippen MR) is 109 cm³/mol. The molecule has 28 heavy (non-hydrogen) atoms. The Balaban J connectivity index is 1.41. The Morgan fingerprint density at radius 1 is 1.11 bits per heavy atom. The van der Waals surface area contributed by atoms with Gasteiger partial charge in [0.2, 0.25) is 5.95 Å². The molecule has 1 saturated carbocycles. The minimum atomic E-state index is -0.540. The van der Waals surface area contributed by atoms with E-state index in [1.165, 1.54) is 0 Å². The van der Waals surface area contributed by atoms with Gasteiger partial charge in [-0.05, 0) is 50.3 Å². The predicted octanol–water partition coefficient (Wildman–Crippen LogP) is 3.67. The molecule has 0 spiro atoms. The average Bonchev–Trinajstić information content (AvgIpc) is 3.12. The molecule has 0 aliphatic heterocycles. The number of fused-ring (bicyclic) bond motifs is 2. The van der Waals surface area contributed by atoms with Crippen LogP contribution in [0.15, 0.2) is 43.0 Å². The van der Waals surface area contributed by atoms with Crippen LogP contribution in [-0.4, -0.2) is 41.7 Å². The number of H-pyrrole nitrogens is 1. The van der Waals surface area contributed by atoms with E-state index in [-0.39, 0.29) is 0 Å². The molecule has 0 bridgehead atoms. The summed E-state index contributed by atoms with van der Waals surface area (Å²) >= 11 is 0. The Morgan fingerprint density at radius 3 is 2.71 bits per heavy atom. The summed E-state index contributed by atoms with van der Waals surface area (Å²) in [7, 11) is 0. The number of benzene rings is 1. The van der Waals surface area contributed by atoms with E-state index in [1.807, 2.05) is 37.5 Å². The van der Waals surface area contributed by atoms with Crippen LogP contribution >= 0.6 is 0 Å². The van der Waals surface area contributed by atoms with Crippen molar-refractivity contribution in [1.29, 1.82) is 0 Å². The molecule has 5 rings (SSSR count). The molecule has 1 aliphatic carbocycles. The number of aromatic amines is 1. The summed E-state index contributed by atoms with van der Waals surface area (Å²) in [4.78, 5) is 21.1. The molecule has 142 valence electrons. The van der Waals surface area contributed by atoms with E-state index in [2.05, 4.69) is 30.2 Å². The van der Waals surface area contributed by atoms with Gasteiger partial charge in [-0.25, -0.2) is 4.98 Å². The van der Waals surface area contributed by atoms with Gasteiger partial charge in [-0.3, -0.25) is 9.97 Å². The third kappa shape index (κ3) is 3.18. The molecule has 1 aliphatic rings. The van der Waals surface area contributed by atoms with Gasteiger partial charge in [0.05, 0.1) is 16.6 Å². The quantitative estimate of drug-likeness (QED) is 0.506. The van der Waals surface area contributed by atoms with Crippen molar-refractivity contribution < 1.29 is 5.11 Å². The Morgan fingerprint density at radius 2 is 1.89 bits per heavy atom. The topological polar surface area (TPSA) is 99.6 Å². The first-order valence-electron chi connectivity index (χ1n) is 9.62. The van der Waals surface area contributed by atoms with Crippen LogP contribution in [-0.2, 0) is 0 Å². The van der Waals surface area contributed by atoms with E-state index < -0.39 is 5.60 Å². The molecule has 7 heteroatoms. The first kappa shape index (κ1) is 17.1. The Bertz CT molecular complexity index is 1140. The van der Waals surface area contributed by atoms with Crippen LogP contribution in [0, 0.1) is 0 Å². The maximum absolute atomic E-state index is 10.1. The molecule has 0 saturated heterocycles. The molecule has 4 aromatic rings. The first-order chi connectivity index (χ1) is 13.6. The molecule has 7 nitrogen and oxygen atoms in total. The SMILES string of the molecule is CC1(O)CCC(Nc2ncc3c(-c4ccc5nccnc5c4)c[nH]c3n2)CC1. The second-order valence-electron chi connectivity index (χ2n) is 7.83. The van der Waals surface area contributed by atoms with Crippen molar-refractivity contribution in [2.45, 2.75) is 44.2 Å². The van der Waals surface area contributed by atoms with E-state index in [9.17, 15) is 5.11 Å². The van der Waals surface area contributed by atoms with Gasteiger partial charge in [0.1, 0.15) is 5.65 Å². The van der Waals surface area contributed by atoms with Crippen LogP contribution < -0.4 is 5.32 Å². The highest BCUT2D eigenvalue weighted by molar-refractivity contribution is 5.95. The van der Waals surface area contributed by atoms with E-state index in [0.29, 0.717) is 12.0 Å². The lowest BCUT2D eigenvalue weighted by Crippen LogP contribution is -2.36. The maximum Gasteiger partial charge on any atom is 0.224 e. The van der Waals surface area contributed by atoms with Gasteiger partial charge in [-0.15, -0.1) is 0 Å². The van der Waals surface area contributed by atoms with Crippen molar-refractivity contribution in [3.63, 3.8) is 0 Å². The third-order valence-corrected chi connectivity index (χ3v) is 5.61. The zero-order valence-electron chi connectivity index (χ0n) is 15.7. The summed E-state index contributed by atoms with van der Waals surface area (Å²) < 4.78 is 0. The normalized spacial score (nSPS) is 22.6. The zero-order valence-corrected chi connectivity index (χ0v) is 15.7. The van der Waals surface area contributed by atoms with Crippen LogP contribution in [0.1, 0.15) is 32.6 Å². The largest absolute Gasteiger partial charge is 0.390 e. The monoisotopic (exact) mass is 374 g/mol. The number of hydrogen-bond donors (Lipinski definition) is 3. The van der Waals surface area contributed by atoms with Gasteiger partial charge >= 0.3 is 0 Å². The molecule has 1 fully saturated rings. The third-order valence-electron chi connectivity index (χ3n) is 5.61. The van der Waals surface area contributed by atoms with Crippen molar-refractivity contribution in [2.75, 3.05) is 5.32 Å². The molecule has 3 N–H and O–H groups in total. The van der Waals surface area contributed by atoms with Crippen molar-refractivity contribution in [3.8, 4) is 11.1 Å². The Labute approximate surface area is 162 Å². The molecule has 0 radical (unpaired) electrons. The molecule has 3 aromatic heterocycles. The number of aromatic nitrogens is 5. The standard InChI is InChI=1S/C21H22N6O/c1-21(28)6-4-14(5-7-21)26-20-25-12-16-15(11-24-19(16)27-20)13-2-3-17-18(10-13)23-9-8-22-17/h2-3,8-12,14,28H,4-7H2,1H3,(H2,24,25,26,27). The van der Waals surface area contributed by atoms with Gasteiger partial charge in [0.15, 0.2) is 0 Å². The summed E-state index contributed by atoms with van der Waals surface area (Å²) in [6.45, 7) is 1.91. The molecule has 1 aromatic carbocycles. The van der Waals surface area contributed by atoms with Gasteiger partial charge < -0.3 is 15.4 Å². The number of nitrogens with zero attached hydrogens (tertiary/aromatic N) is 4. The highest BCUT2D eigenvalue weighted by Gasteiger charge is 2.28. The summed E-state index contributed by atoms with van der Waals surface area (Å²) in [6.07, 6.45) is 10.6. The van der Waals surface area contributed by atoms with Crippen LogP contribution in [0.3, 0.4) is 0 Å². The second-order valence-corrected chi connectivity index (χ2v) is 7.83. The van der Waals surface area contributed by atoms with Crippen LogP contribution in [0.2, 0.25) is 0 Å². The van der Waals surface area contributed by atoms with E-state index in [4.69, 9.17) is 0 Å². The average molecular weight is 374 g/mol. The summed E-state index contributed by atoms with van der Waals surface area (Å²) in [6, 6.07) is 6.35. The number of rotatable bonds is 3. The molecule has 0 atom stereocenters. The van der Waals surface area contributed by atoms with Crippen molar-refractivity contribution in [2.24, 2.45) is 0 Å². The smallest absolute Gasteiger partial charge is 0.224 e. The lowest BCUT2D eigenvalue weighted by atomic mass is 9.84. The second kappa shape index (κ2) is 6.53. The van der Waals surface area contributed by atoms with E-state index in [0.717, 1.165) is 58.9 Å². The van der Waals surface area contributed by atoms with Crippen molar-refractivity contribution in [1.82, 2.24) is 24.9 Å². The molecule has 3 heterocycles. The fourth-order valence-electron chi connectivity index (χ4n) is 3.91. The summed E-state index contributed by atoms with van der Waals surface area (Å²) in [5, 5.41) is 14.5. The van der Waals surface area contributed by atoms with Crippen LogP contribution in [0.25, 0.3) is 33.2 Å². The van der Waals surface area contributed by atoms with Gasteiger partial charge in [0, 0.05) is 41.8 Å². The molecule has 0 amide bonds. The maximum atomic E-state index is 10.1.